The number of Topliss-reactive ketones (excluding diaryl/α,β-unsaturated/α-hetero) is 1. The molecular formula is C45H82NO7P. The predicted molar refractivity (Wildman–Crippen MR) is 225 cm³/mol. The summed E-state index contributed by atoms with van der Waals surface area (Å²) in [6.45, 7) is 4.65. The lowest BCUT2D eigenvalue weighted by atomic mass is 10.00. The average Bonchev–Trinajstić information content (AvgIpc) is 3.12. The minimum absolute atomic E-state index is 0.00321. The number of unbranched alkanes of at least 4 members (excludes halogenated alkanes) is 16. The molecule has 0 bridgehead atoms. The maximum absolute atomic E-state index is 12.9. The second-order valence-electron chi connectivity index (χ2n) is 15.8. The van der Waals surface area contributed by atoms with Crippen molar-refractivity contribution in [3.05, 3.63) is 48.6 Å². The molecule has 54 heavy (non-hydrogen) atoms. The fraction of sp³-hybridized carbons (Fsp3) is 0.778. The fourth-order valence-electron chi connectivity index (χ4n) is 5.75. The average molecular weight is 780 g/mol. The van der Waals surface area contributed by atoms with Crippen molar-refractivity contribution in [3.63, 3.8) is 0 Å². The number of carbonyl (C=O) groups excluding carboxylic acids is 2. The van der Waals surface area contributed by atoms with Gasteiger partial charge in [-0.05, 0) is 77.0 Å². The number of allylic oxidation sites excluding steroid dienone is 8. The molecule has 2 unspecified atom stereocenters. The number of rotatable bonds is 39. The normalized spacial score (nSPS) is 14.2. The van der Waals surface area contributed by atoms with Gasteiger partial charge in [-0.3, -0.25) is 14.2 Å². The first-order chi connectivity index (χ1) is 26.0. The number of esters is 1. The number of likely N-dealkylation sites (N-methyl/N-ethyl adjacent to an activating group) is 1. The molecule has 2 atom stereocenters. The molecule has 0 aliphatic heterocycles. The smallest absolute Gasteiger partial charge is 0.305 e. The molecule has 0 amide bonds. The van der Waals surface area contributed by atoms with Crippen molar-refractivity contribution in [2.24, 2.45) is 5.92 Å². The van der Waals surface area contributed by atoms with Crippen LogP contribution < -0.4 is 4.89 Å². The highest BCUT2D eigenvalue weighted by Gasteiger charge is 2.21. The van der Waals surface area contributed by atoms with E-state index in [4.69, 9.17) is 13.8 Å². The Hall–Kier alpha value is -1.83. The van der Waals surface area contributed by atoms with Crippen LogP contribution in [-0.2, 0) is 27.9 Å². The van der Waals surface area contributed by atoms with Crippen molar-refractivity contribution in [1.29, 1.82) is 0 Å². The van der Waals surface area contributed by atoms with Crippen molar-refractivity contribution in [1.82, 2.24) is 0 Å². The maximum Gasteiger partial charge on any atom is 0.305 e. The van der Waals surface area contributed by atoms with Gasteiger partial charge in [0.25, 0.3) is 7.82 Å². The Morgan fingerprint density at radius 1 is 0.593 bits per heavy atom. The van der Waals surface area contributed by atoms with Crippen LogP contribution in [0.2, 0.25) is 0 Å². The first kappa shape index (κ1) is 52.2. The van der Waals surface area contributed by atoms with Gasteiger partial charge in [-0.25, -0.2) is 0 Å². The molecule has 0 radical (unpaired) electrons. The minimum atomic E-state index is -4.55. The number of quaternary nitrogens is 1. The van der Waals surface area contributed by atoms with Crippen LogP contribution in [0.5, 0.6) is 0 Å². The van der Waals surface area contributed by atoms with Gasteiger partial charge in [-0.1, -0.05) is 127 Å². The molecule has 0 aliphatic rings. The molecule has 0 saturated carbocycles. The summed E-state index contributed by atoms with van der Waals surface area (Å²) in [6.07, 6.45) is 43.4. The molecule has 0 aromatic rings. The number of ketones is 1. The molecular weight excluding hydrogens is 697 g/mol. The summed E-state index contributed by atoms with van der Waals surface area (Å²) in [5.74, 6) is -0.838. The Bertz CT molecular complexity index is 1060. The molecule has 0 aromatic carbocycles. The van der Waals surface area contributed by atoms with E-state index >= 15 is 0 Å². The Kier molecular flexibility index (Phi) is 35.5. The largest absolute Gasteiger partial charge is 0.756 e. The molecule has 314 valence electrons. The van der Waals surface area contributed by atoms with Crippen LogP contribution in [0.3, 0.4) is 0 Å². The van der Waals surface area contributed by atoms with Gasteiger partial charge in [0.05, 0.1) is 34.4 Å². The molecule has 8 nitrogen and oxygen atoms in total. The number of nitrogens with zero attached hydrogens (tertiary/aromatic N) is 1. The molecule has 9 heteroatoms. The molecule has 0 fully saturated rings. The molecule has 0 aliphatic carbocycles. The standard InChI is InChI=1S/C45H82NO7P/c1-6-8-10-12-14-16-18-20-22-24-26-28-30-32-34-36-44(47)40-43(42-53-54(49,50)52-39-38-46(3,4)5)41-51-45(48)37-35-33-31-29-27-25-23-21-19-17-15-13-11-9-7-2/h14-17,20-23,43H,6-13,18-19,24-42H2,1-5H3/b16-14+,17-15+,22-20+,23-21+. The number of phosphoric ester groups is 1. The van der Waals surface area contributed by atoms with E-state index in [1.54, 1.807) is 0 Å². The van der Waals surface area contributed by atoms with Crippen LogP contribution in [0.1, 0.15) is 174 Å². The van der Waals surface area contributed by atoms with Gasteiger partial charge in [0.15, 0.2) is 0 Å². The number of phosphoric acid groups is 1. The van der Waals surface area contributed by atoms with Crippen molar-refractivity contribution >= 4 is 19.6 Å². The van der Waals surface area contributed by atoms with Crippen molar-refractivity contribution < 1.29 is 37.3 Å². The Morgan fingerprint density at radius 2 is 1.04 bits per heavy atom. The Morgan fingerprint density at radius 3 is 1.52 bits per heavy atom. The van der Waals surface area contributed by atoms with Crippen LogP contribution >= 0.6 is 7.82 Å². The summed E-state index contributed by atoms with van der Waals surface area (Å²) in [5.41, 5.74) is 0. The quantitative estimate of drug-likeness (QED) is 0.0201. The van der Waals surface area contributed by atoms with Crippen LogP contribution in [0.25, 0.3) is 0 Å². The first-order valence-corrected chi connectivity index (χ1v) is 23.1. The van der Waals surface area contributed by atoms with Crippen molar-refractivity contribution in [2.75, 3.05) is 47.5 Å². The van der Waals surface area contributed by atoms with E-state index in [0.717, 1.165) is 89.9 Å². The van der Waals surface area contributed by atoms with Gasteiger partial charge in [0.2, 0.25) is 0 Å². The van der Waals surface area contributed by atoms with Crippen molar-refractivity contribution in [3.8, 4) is 0 Å². The highest BCUT2D eigenvalue weighted by molar-refractivity contribution is 7.45. The monoisotopic (exact) mass is 780 g/mol. The van der Waals surface area contributed by atoms with E-state index in [2.05, 4.69) is 62.5 Å². The maximum atomic E-state index is 12.9. The molecule has 0 N–H and O–H groups in total. The van der Waals surface area contributed by atoms with Crippen molar-refractivity contribution in [2.45, 2.75) is 174 Å². The fourth-order valence-corrected chi connectivity index (χ4v) is 6.52. The second-order valence-corrected chi connectivity index (χ2v) is 17.3. The topological polar surface area (TPSA) is 102 Å². The predicted octanol–water partition coefficient (Wildman–Crippen LogP) is 11.9. The number of ether oxygens (including phenoxy) is 1. The van der Waals surface area contributed by atoms with E-state index in [1.165, 1.54) is 51.4 Å². The van der Waals surface area contributed by atoms with E-state index in [-0.39, 0.29) is 38.0 Å². The molecule has 0 saturated heterocycles. The lowest BCUT2D eigenvalue weighted by Gasteiger charge is -2.28. The summed E-state index contributed by atoms with van der Waals surface area (Å²) in [5, 5.41) is 0. The summed E-state index contributed by atoms with van der Waals surface area (Å²) >= 11 is 0. The Labute approximate surface area is 332 Å². The molecule has 0 rings (SSSR count). The zero-order chi connectivity index (χ0) is 40.0. The van der Waals surface area contributed by atoms with Crippen LogP contribution in [0.15, 0.2) is 48.6 Å². The number of carbonyl (C=O) groups is 2. The van der Waals surface area contributed by atoms with Gasteiger partial charge >= 0.3 is 5.97 Å². The lowest BCUT2D eigenvalue weighted by molar-refractivity contribution is -0.870. The van der Waals surface area contributed by atoms with Gasteiger partial charge < -0.3 is 23.2 Å². The summed E-state index contributed by atoms with van der Waals surface area (Å²) in [6, 6.07) is 0. The Balaban J connectivity index is 4.44. The van der Waals surface area contributed by atoms with Crippen LogP contribution in [0.4, 0.5) is 0 Å². The van der Waals surface area contributed by atoms with Gasteiger partial charge in [-0.2, -0.15) is 0 Å². The highest BCUT2D eigenvalue weighted by atomic mass is 31.2. The zero-order valence-corrected chi connectivity index (χ0v) is 36.3. The van der Waals surface area contributed by atoms with E-state index in [9.17, 15) is 19.0 Å². The third-order valence-electron chi connectivity index (χ3n) is 9.21. The van der Waals surface area contributed by atoms with Crippen LogP contribution in [-0.4, -0.2) is 63.7 Å². The lowest BCUT2D eigenvalue weighted by Crippen LogP contribution is -2.37. The third kappa shape index (κ3) is 39.9. The summed E-state index contributed by atoms with van der Waals surface area (Å²) in [4.78, 5) is 37.8. The van der Waals surface area contributed by atoms with E-state index in [1.807, 2.05) is 21.1 Å². The second kappa shape index (κ2) is 36.8. The SMILES string of the molecule is CCCCC/C=C/C/C=C/CCCCCCCC(=O)CC(COC(=O)CCCCCCC/C=C/C/C=C/CCCCC)COP(=O)([O-])OCC[N+](C)(C)C. The number of hydrogen-bond acceptors (Lipinski definition) is 7. The molecule has 0 heterocycles. The minimum Gasteiger partial charge on any atom is -0.756 e. The highest BCUT2D eigenvalue weighted by Crippen LogP contribution is 2.39. The van der Waals surface area contributed by atoms with E-state index in [0.29, 0.717) is 23.9 Å². The summed E-state index contributed by atoms with van der Waals surface area (Å²) < 4.78 is 28.7. The molecule has 0 aromatic heterocycles. The number of hydrogen-bond donors (Lipinski definition) is 0. The third-order valence-corrected chi connectivity index (χ3v) is 10.2. The van der Waals surface area contributed by atoms with Gasteiger partial charge in [0.1, 0.15) is 18.9 Å². The van der Waals surface area contributed by atoms with Crippen LogP contribution in [0, 0.1) is 5.92 Å². The molecule has 0 spiro atoms. The first-order valence-electron chi connectivity index (χ1n) is 21.7. The van der Waals surface area contributed by atoms with Gasteiger partial charge in [-0.15, -0.1) is 0 Å². The van der Waals surface area contributed by atoms with E-state index < -0.39 is 13.7 Å². The zero-order valence-electron chi connectivity index (χ0n) is 35.5. The summed E-state index contributed by atoms with van der Waals surface area (Å²) in [7, 11) is 1.28. The van der Waals surface area contributed by atoms with Gasteiger partial charge in [0, 0.05) is 25.2 Å².